The maximum Gasteiger partial charge on any atom is 0.327 e. The molecule has 0 aromatic heterocycles. The molecule has 0 aliphatic rings. The summed E-state index contributed by atoms with van der Waals surface area (Å²) < 4.78 is 41.4. The predicted octanol–water partition coefficient (Wildman–Crippen LogP) is 2.88. The summed E-state index contributed by atoms with van der Waals surface area (Å²) in [6.07, 6.45) is 6.65. The summed E-state index contributed by atoms with van der Waals surface area (Å²) in [4.78, 5) is 23.4. The SMILES string of the molecule is CCCCCCCCOC(=O)C(CC(=O)OCCCC)S(=O)(=O)O. The van der Waals surface area contributed by atoms with E-state index in [4.69, 9.17) is 14.0 Å². The number of hydrogen-bond acceptors (Lipinski definition) is 6. The van der Waals surface area contributed by atoms with Crippen LogP contribution in [0.3, 0.4) is 0 Å². The van der Waals surface area contributed by atoms with E-state index in [0.29, 0.717) is 12.8 Å². The highest BCUT2D eigenvalue weighted by molar-refractivity contribution is 7.87. The van der Waals surface area contributed by atoms with E-state index in [1.54, 1.807) is 0 Å². The van der Waals surface area contributed by atoms with Crippen LogP contribution in [0.4, 0.5) is 0 Å². The molecular weight excluding hydrogens is 336 g/mol. The molecular formula is C16H30O7S. The first kappa shape index (κ1) is 22.9. The van der Waals surface area contributed by atoms with E-state index in [-0.39, 0.29) is 13.2 Å². The Morgan fingerprint density at radius 2 is 1.42 bits per heavy atom. The molecule has 0 saturated carbocycles. The Hall–Kier alpha value is -1.15. The lowest BCUT2D eigenvalue weighted by atomic mass is 10.1. The predicted molar refractivity (Wildman–Crippen MR) is 90.2 cm³/mol. The summed E-state index contributed by atoms with van der Waals surface area (Å²) in [6, 6.07) is 0. The minimum absolute atomic E-state index is 0.0713. The average molecular weight is 366 g/mol. The van der Waals surface area contributed by atoms with Crippen molar-refractivity contribution >= 4 is 22.1 Å². The molecule has 1 N–H and O–H groups in total. The third-order valence-electron chi connectivity index (χ3n) is 3.48. The van der Waals surface area contributed by atoms with E-state index in [2.05, 4.69) is 6.92 Å². The second-order valence-electron chi connectivity index (χ2n) is 5.72. The summed E-state index contributed by atoms with van der Waals surface area (Å²) >= 11 is 0. The molecule has 24 heavy (non-hydrogen) atoms. The molecule has 142 valence electrons. The van der Waals surface area contributed by atoms with Crippen LogP contribution in [0.2, 0.25) is 0 Å². The zero-order valence-corrected chi connectivity index (χ0v) is 15.5. The first-order valence-electron chi connectivity index (χ1n) is 8.61. The first-order valence-corrected chi connectivity index (χ1v) is 10.1. The van der Waals surface area contributed by atoms with Crippen molar-refractivity contribution in [2.45, 2.75) is 76.9 Å². The maximum absolute atomic E-state index is 11.8. The molecule has 0 saturated heterocycles. The van der Waals surface area contributed by atoms with Crippen LogP contribution >= 0.6 is 0 Å². The number of esters is 2. The molecule has 0 aromatic carbocycles. The van der Waals surface area contributed by atoms with Gasteiger partial charge in [0.2, 0.25) is 0 Å². The Labute approximate surface area is 144 Å². The van der Waals surface area contributed by atoms with E-state index in [1.807, 2.05) is 6.92 Å². The van der Waals surface area contributed by atoms with Crippen LogP contribution in [0.5, 0.6) is 0 Å². The molecule has 8 heteroatoms. The van der Waals surface area contributed by atoms with Gasteiger partial charge in [-0.3, -0.25) is 14.1 Å². The Kier molecular flexibility index (Phi) is 12.5. The second-order valence-corrected chi connectivity index (χ2v) is 7.32. The van der Waals surface area contributed by atoms with E-state index < -0.39 is 33.7 Å². The maximum atomic E-state index is 11.8. The Morgan fingerprint density at radius 3 is 2.00 bits per heavy atom. The molecule has 1 atom stereocenters. The van der Waals surface area contributed by atoms with E-state index in [0.717, 1.165) is 38.5 Å². The third-order valence-corrected chi connectivity index (χ3v) is 4.56. The molecule has 0 amide bonds. The fraction of sp³-hybridized carbons (Fsp3) is 0.875. The third kappa shape index (κ3) is 11.4. The van der Waals surface area contributed by atoms with E-state index in [9.17, 15) is 18.0 Å². The lowest BCUT2D eigenvalue weighted by molar-refractivity contribution is -0.150. The minimum Gasteiger partial charge on any atom is -0.466 e. The van der Waals surface area contributed by atoms with Gasteiger partial charge in [-0.25, -0.2) is 0 Å². The van der Waals surface area contributed by atoms with Gasteiger partial charge < -0.3 is 9.47 Å². The number of carbonyl (C=O) groups is 2. The Balaban J connectivity index is 4.25. The molecule has 0 spiro atoms. The highest BCUT2D eigenvalue weighted by Crippen LogP contribution is 2.10. The van der Waals surface area contributed by atoms with Gasteiger partial charge in [-0.1, -0.05) is 52.4 Å². The summed E-state index contributed by atoms with van der Waals surface area (Å²) in [5.74, 6) is -1.96. The van der Waals surface area contributed by atoms with Crippen molar-refractivity contribution in [3.8, 4) is 0 Å². The van der Waals surface area contributed by atoms with Crippen LogP contribution in [-0.4, -0.2) is 43.4 Å². The van der Waals surface area contributed by atoms with E-state index in [1.165, 1.54) is 0 Å². The lowest BCUT2D eigenvalue weighted by Crippen LogP contribution is -2.34. The molecule has 0 heterocycles. The monoisotopic (exact) mass is 366 g/mol. The van der Waals surface area contributed by atoms with Crippen molar-refractivity contribution < 1.29 is 32.0 Å². The van der Waals surface area contributed by atoms with Gasteiger partial charge in [0.1, 0.15) is 0 Å². The molecule has 0 radical (unpaired) electrons. The van der Waals surface area contributed by atoms with Crippen LogP contribution in [0.15, 0.2) is 0 Å². The van der Waals surface area contributed by atoms with Gasteiger partial charge in [0.25, 0.3) is 10.1 Å². The number of hydrogen-bond donors (Lipinski definition) is 1. The van der Waals surface area contributed by atoms with Gasteiger partial charge >= 0.3 is 11.9 Å². The highest BCUT2D eigenvalue weighted by atomic mass is 32.2. The topological polar surface area (TPSA) is 107 Å². The van der Waals surface area contributed by atoms with Crippen LogP contribution in [0.1, 0.15) is 71.6 Å². The van der Waals surface area contributed by atoms with Crippen molar-refractivity contribution in [3.63, 3.8) is 0 Å². The van der Waals surface area contributed by atoms with Crippen molar-refractivity contribution in [2.75, 3.05) is 13.2 Å². The highest BCUT2D eigenvalue weighted by Gasteiger charge is 2.35. The average Bonchev–Trinajstić information content (AvgIpc) is 2.50. The van der Waals surface area contributed by atoms with Gasteiger partial charge in [0.05, 0.1) is 19.6 Å². The van der Waals surface area contributed by atoms with Crippen molar-refractivity contribution in [1.29, 1.82) is 0 Å². The summed E-state index contributed by atoms with van der Waals surface area (Å²) in [5.41, 5.74) is 0. The first-order chi connectivity index (χ1) is 11.3. The van der Waals surface area contributed by atoms with Crippen LogP contribution < -0.4 is 0 Å². The van der Waals surface area contributed by atoms with Crippen LogP contribution in [-0.2, 0) is 29.2 Å². The van der Waals surface area contributed by atoms with Gasteiger partial charge in [0, 0.05) is 0 Å². The van der Waals surface area contributed by atoms with Gasteiger partial charge in [-0.15, -0.1) is 0 Å². The molecule has 0 aliphatic heterocycles. The molecule has 1 unspecified atom stereocenters. The van der Waals surface area contributed by atoms with Gasteiger partial charge in [-0.2, -0.15) is 8.42 Å². The summed E-state index contributed by atoms with van der Waals surface area (Å²) in [7, 11) is -4.72. The van der Waals surface area contributed by atoms with Crippen LogP contribution in [0.25, 0.3) is 0 Å². The second kappa shape index (κ2) is 13.2. The smallest absolute Gasteiger partial charge is 0.327 e. The number of ether oxygens (including phenoxy) is 2. The summed E-state index contributed by atoms with van der Waals surface area (Å²) in [6.45, 7) is 4.25. The van der Waals surface area contributed by atoms with Crippen LogP contribution in [0, 0.1) is 0 Å². The standard InChI is InChI=1S/C16H30O7S/c1-3-5-7-8-9-10-12-23-16(18)14(24(19,20)21)13-15(17)22-11-6-4-2/h14H,3-13H2,1-2H3,(H,19,20,21). The Morgan fingerprint density at radius 1 is 0.875 bits per heavy atom. The molecule has 0 fully saturated rings. The molecule has 0 aliphatic carbocycles. The zero-order valence-electron chi connectivity index (χ0n) is 14.7. The van der Waals surface area contributed by atoms with Gasteiger partial charge in [-0.05, 0) is 12.8 Å². The molecule has 7 nitrogen and oxygen atoms in total. The number of rotatable bonds is 14. The van der Waals surface area contributed by atoms with E-state index >= 15 is 0 Å². The Bertz CT molecular complexity index is 459. The largest absolute Gasteiger partial charge is 0.466 e. The lowest BCUT2D eigenvalue weighted by Gasteiger charge is -2.13. The quantitative estimate of drug-likeness (QED) is 0.286. The zero-order chi connectivity index (χ0) is 18.4. The minimum atomic E-state index is -4.72. The normalized spacial score (nSPS) is 12.6. The molecule has 0 aromatic rings. The molecule has 0 bridgehead atoms. The number of carbonyl (C=O) groups excluding carboxylic acids is 2. The fourth-order valence-corrected chi connectivity index (χ4v) is 2.66. The van der Waals surface area contributed by atoms with Gasteiger partial charge in [0.15, 0.2) is 5.25 Å². The van der Waals surface area contributed by atoms with Crippen molar-refractivity contribution in [3.05, 3.63) is 0 Å². The van der Waals surface area contributed by atoms with Crippen molar-refractivity contribution in [2.24, 2.45) is 0 Å². The van der Waals surface area contributed by atoms with Crippen molar-refractivity contribution in [1.82, 2.24) is 0 Å². The summed E-state index contributed by atoms with van der Waals surface area (Å²) in [5, 5.41) is -1.92. The fourth-order valence-electron chi connectivity index (χ4n) is 2.00. The molecule has 0 rings (SSSR count). The number of unbranched alkanes of at least 4 members (excludes halogenated alkanes) is 6.